The Morgan fingerprint density at radius 3 is 1.09 bits per heavy atom. The molecule has 0 aromatic heterocycles. The van der Waals surface area contributed by atoms with Gasteiger partial charge in [-0.15, -0.1) is 0 Å². The van der Waals surface area contributed by atoms with Crippen LogP contribution in [0.5, 0.6) is 0 Å². The molecule has 0 bridgehead atoms. The molecule has 2 aliphatic heterocycles. The molecule has 2 nitrogen and oxygen atoms in total. The van der Waals surface area contributed by atoms with E-state index in [-0.39, 0.29) is 0 Å². The normalized spacial score (nSPS) is 23.7. The van der Waals surface area contributed by atoms with E-state index >= 15 is 0 Å². The number of rotatable bonds is 30. The van der Waals surface area contributed by atoms with Gasteiger partial charge >= 0.3 is 0 Å². The van der Waals surface area contributed by atoms with Crippen molar-refractivity contribution in [2.24, 2.45) is 23.7 Å². The molecule has 4 unspecified atom stereocenters. The predicted octanol–water partition coefficient (Wildman–Crippen LogP) is 13.5. The minimum atomic E-state index is 0.606. The fourth-order valence-electron chi connectivity index (χ4n) is 8.55. The Balaban J connectivity index is 0.818. The van der Waals surface area contributed by atoms with Crippen LogP contribution in [0.1, 0.15) is 205 Å². The lowest BCUT2D eigenvalue weighted by molar-refractivity contribution is -0.0275. The van der Waals surface area contributed by atoms with Gasteiger partial charge in [-0.1, -0.05) is 128 Å². The molecule has 0 aromatic carbocycles. The second-order valence-electron chi connectivity index (χ2n) is 16.2. The molecule has 3 heteroatoms. The summed E-state index contributed by atoms with van der Waals surface area (Å²) >= 11 is 2.23. The average molecular weight is 647 g/mol. The average Bonchev–Trinajstić information content (AvgIpc) is 4.02. The summed E-state index contributed by atoms with van der Waals surface area (Å²) in [5.74, 6) is 6.67. The second-order valence-corrected chi connectivity index (χ2v) is 17.5. The molecular weight excluding hydrogens is 569 g/mol. The van der Waals surface area contributed by atoms with Crippen molar-refractivity contribution in [3.63, 3.8) is 0 Å². The van der Waals surface area contributed by atoms with Gasteiger partial charge in [-0.05, 0) is 112 Å². The third-order valence-electron chi connectivity index (χ3n) is 11.9. The Morgan fingerprint density at radius 2 is 0.756 bits per heavy atom. The highest BCUT2D eigenvalue weighted by atomic mass is 32.2. The van der Waals surface area contributed by atoms with Crippen molar-refractivity contribution in [3.8, 4) is 0 Å². The van der Waals surface area contributed by atoms with Gasteiger partial charge in [0.2, 0.25) is 0 Å². The highest BCUT2D eigenvalue weighted by Gasteiger charge is 2.32. The summed E-state index contributed by atoms with van der Waals surface area (Å²) < 4.78 is 12.4. The number of hydrogen-bond donors (Lipinski definition) is 0. The van der Waals surface area contributed by atoms with E-state index in [9.17, 15) is 0 Å². The minimum absolute atomic E-state index is 0.606. The second kappa shape index (κ2) is 25.3. The molecule has 0 aromatic rings. The lowest BCUT2D eigenvalue weighted by Crippen LogP contribution is -2.28. The van der Waals surface area contributed by atoms with Gasteiger partial charge in [0.25, 0.3) is 0 Å². The van der Waals surface area contributed by atoms with Crippen molar-refractivity contribution < 1.29 is 9.47 Å². The molecule has 0 N–H and O–H groups in total. The molecule has 0 spiro atoms. The summed E-state index contributed by atoms with van der Waals surface area (Å²) in [6, 6.07) is 0. The molecule has 45 heavy (non-hydrogen) atoms. The van der Waals surface area contributed by atoms with Crippen molar-refractivity contribution in [1.82, 2.24) is 0 Å². The van der Waals surface area contributed by atoms with E-state index in [1.807, 2.05) is 0 Å². The minimum Gasteiger partial charge on any atom is -0.378 e. The van der Waals surface area contributed by atoms with Gasteiger partial charge in [-0.25, -0.2) is 0 Å². The molecule has 2 heterocycles. The van der Waals surface area contributed by atoms with Gasteiger partial charge in [-0.2, -0.15) is 11.8 Å². The summed E-state index contributed by atoms with van der Waals surface area (Å²) in [5.41, 5.74) is 0. The Hall–Kier alpha value is 0.270. The van der Waals surface area contributed by atoms with Crippen molar-refractivity contribution >= 4 is 11.8 Å². The van der Waals surface area contributed by atoms with Crippen LogP contribution < -0.4 is 0 Å². The van der Waals surface area contributed by atoms with Gasteiger partial charge < -0.3 is 9.47 Å². The van der Waals surface area contributed by atoms with Crippen LogP contribution in [0.2, 0.25) is 0 Å². The Bertz CT molecular complexity index is 608. The Labute approximate surface area is 286 Å². The van der Waals surface area contributed by atoms with Crippen LogP contribution >= 0.6 is 11.8 Å². The van der Waals surface area contributed by atoms with Crippen molar-refractivity contribution in [1.29, 1.82) is 0 Å². The van der Waals surface area contributed by atoms with E-state index in [0.29, 0.717) is 12.2 Å². The topological polar surface area (TPSA) is 18.5 Å². The van der Waals surface area contributed by atoms with Crippen molar-refractivity contribution in [2.45, 2.75) is 218 Å². The van der Waals surface area contributed by atoms with E-state index in [4.69, 9.17) is 9.47 Å². The molecule has 4 atom stereocenters. The molecule has 4 aliphatic rings. The van der Waals surface area contributed by atoms with E-state index < -0.39 is 0 Å². The van der Waals surface area contributed by atoms with Crippen molar-refractivity contribution in [2.75, 3.05) is 24.7 Å². The fourth-order valence-corrected chi connectivity index (χ4v) is 9.57. The van der Waals surface area contributed by atoms with Crippen molar-refractivity contribution in [3.05, 3.63) is 0 Å². The Morgan fingerprint density at radius 1 is 0.400 bits per heavy atom. The van der Waals surface area contributed by atoms with Crippen LogP contribution in [0, 0.1) is 23.7 Å². The molecule has 4 rings (SSSR count). The van der Waals surface area contributed by atoms with Gasteiger partial charge in [0.1, 0.15) is 0 Å². The van der Waals surface area contributed by atoms with E-state index in [1.54, 1.807) is 0 Å². The summed E-state index contributed by atoms with van der Waals surface area (Å²) in [6.45, 7) is 2.06. The molecule has 264 valence electrons. The third-order valence-corrected chi connectivity index (χ3v) is 13.0. The van der Waals surface area contributed by atoms with Crippen LogP contribution in [0.25, 0.3) is 0 Å². The zero-order chi connectivity index (χ0) is 31.0. The standard InChI is InChI=1S/C42H78O2S/c1(3-7-11-15-23-39(35-37-27-28-37)41-25-17-19-31-43-41)5-9-13-21-33-45-34-22-14-10-6-2-4-8-12-16-24-40(36-38-29-30-38)42-26-18-20-32-44-42/h37-42H,1-36H2. The maximum Gasteiger partial charge on any atom is 0.0603 e. The zero-order valence-electron chi connectivity index (χ0n) is 30.1. The molecule has 0 amide bonds. The molecule has 0 radical (unpaired) electrons. The van der Waals surface area contributed by atoms with Crippen LogP contribution in [0.15, 0.2) is 0 Å². The first-order chi connectivity index (χ1) is 22.4. The first-order valence-electron chi connectivity index (χ1n) is 21.2. The monoisotopic (exact) mass is 647 g/mol. The van der Waals surface area contributed by atoms with E-state index in [1.165, 1.54) is 217 Å². The van der Waals surface area contributed by atoms with Crippen LogP contribution in [0.4, 0.5) is 0 Å². The SMILES string of the molecule is C(CCCCCSCCCCCCCCCCCC(CC1CC1)C1CCCCO1)CCCCCC(CC1CC1)C1CCCCO1. The number of hydrogen-bond acceptors (Lipinski definition) is 3. The maximum atomic E-state index is 6.19. The number of unbranched alkanes of at least 4 members (excludes halogenated alkanes) is 16. The predicted molar refractivity (Wildman–Crippen MR) is 199 cm³/mol. The summed E-state index contributed by atoms with van der Waals surface area (Å²) in [6.07, 6.45) is 47.5. The zero-order valence-corrected chi connectivity index (χ0v) is 31.0. The highest BCUT2D eigenvalue weighted by Crippen LogP contribution is 2.41. The molecule has 2 saturated heterocycles. The largest absolute Gasteiger partial charge is 0.378 e. The lowest BCUT2D eigenvalue weighted by Gasteiger charge is -2.30. The summed E-state index contributed by atoms with van der Waals surface area (Å²) in [7, 11) is 0. The molecule has 2 aliphatic carbocycles. The van der Waals surface area contributed by atoms with Gasteiger partial charge in [0.15, 0.2) is 0 Å². The first-order valence-corrected chi connectivity index (χ1v) is 22.3. The maximum absolute atomic E-state index is 6.19. The van der Waals surface area contributed by atoms with Gasteiger partial charge in [0, 0.05) is 13.2 Å². The fraction of sp³-hybridized carbons (Fsp3) is 1.00. The smallest absolute Gasteiger partial charge is 0.0603 e. The first kappa shape index (κ1) is 38.1. The number of thioether (sulfide) groups is 1. The van der Waals surface area contributed by atoms with Gasteiger partial charge in [-0.3, -0.25) is 0 Å². The van der Waals surface area contributed by atoms with Crippen LogP contribution in [-0.4, -0.2) is 36.9 Å². The lowest BCUT2D eigenvalue weighted by atomic mass is 9.86. The molecule has 4 fully saturated rings. The Kier molecular flexibility index (Phi) is 21.4. The van der Waals surface area contributed by atoms with Crippen LogP contribution in [0.3, 0.4) is 0 Å². The van der Waals surface area contributed by atoms with Gasteiger partial charge in [0.05, 0.1) is 12.2 Å². The molecular formula is C42H78O2S. The quantitative estimate of drug-likeness (QED) is 0.0723. The third kappa shape index (κ3) is 19.1. The highest BCUT2D eigenvalue weighted by molar-refractivity contribution is 7.99. The summed E-state index contributed by atoms with van der Waals surface area (Å²) in [4.78, 5) is 0. The summed E-state index contributed by atoms with van der Waals surface area (Å²) in [5, 5.41) is 0. The number of ether oxygens (including phenoxy) is 2. The van der Waals surface area contributed by atoms with E-state index in [2.05, 4.69) is 11.8 Å². The molecule has 2 saturated carbocycles. The van der Waals surface area contributed by atoms with Crippen LogP contribution in [-0.2, 0) is 9.47 Å². The van der Waals surface area contributed by atoms with E-state index in [0.717, 1.165) is 36.9 Å².